The molecular weight excluding hydrogens is 308 g/mol. The SMILES string of the molecule is COc1ccsc1C(NN)c1ccc(F)c(C(F)(F)F)c1. The van der Waals surface area contributed by atoms with Crippen molar-refractivity contribution in [3.8, 4) is 5.75 Å². The maximum absolute atomic E-state index is 13.3. The molecule has 0 radical (unpaired) electrons. The fourth-order valence-electron chi connectivity index (χ4n) is 1.95. The van der Waals surface area contributed by atoms with E-state index in [0.29, 0.717) is 10.6 Å². The van der Waals surface area contributed by atoms with Crippen LogP contribution in [-0.2, 0) is 6.18 Å². The number of hydrogen-bond donors (Lipinski definition) is 2. The Morgan fingerprint density at radius 1 is 1.29 bits per heavy atom. The van der Waals surface area contributed by atoms with Gasteiger partial charge in [-0.3, -0.25) is 5.84 Å². The third-order valence-electron chi connectivity index (χ3n) is 2.94. The first-order chi connectivity index (χ1) is 9.88. The third kappa shape index (κ3) is 3.17. The molecule has 21 heavy (non-hydrogen) atoms. The first-order valence-electron chi connectivity index (χ1n) is 5.82. The van der Waals surface area contributed by atoms with E-state index in [-0.39, 0.29) is 5.56 Å². The molecule has 3 nitrogen and oxygen atoms in total. The molecule has 0 saturated heterocycles. The van der Waals surface area contributed by atoms with E-state index in [0.717, 1.165) is 12.1 Å². The smallest absolute Gasteiger partial charge is 0.419 e. The molecule has 1 aromatic heterocycles. The van der Waals surface area contributed by atoms with Crippen LogP contribution in [0.1, 0.15) is 22.0 Å². The normalized spacial score (nSPS) is 13.2. The summed E-state index contributed by atoms with van der Waals surface area (Å²) < 4.78 is 56.8. The fourth-order valence-corrected chi connectivity index (χ4v) is 2.90. The van der Waals surface area contributed by atoms with Gasteiger partial charge in [-0.05, 0) is 29.1 Å². The molecule has 1 unspecified atom stereocenters. The molecule has 0 spiro atoms. The average molecular weight is 320 g/mol. The maximum Gasteiger partial charge on any atom is 0.419 e. The van der Waals surface area contributed by atoms with E-state index < -0.39 is 23.6 Å². The van der Waals surface area contributed by atoms with Gasteiger partial charge in [-0.15, -0.1) is 11.3 Å². The van der Waals surface area contributed by atoms with E-state index in [1.54, 1.807) is 11.4 Å². The molecule has 2 rings (SSSR count). The zero-order valence-electron chi connectivity index (χ0n) is 10.9. The largest absolute Gasteiger partial charge is 0.496 e. The van der Waals surface area contributed by atoms with E-state index in [1.807, 2.05) is 0 Å². The van der Waals surface area contributed by atoms with Crippen molar-refractivity contribution in [3.63, 3.8) is 0 Å². The van der Waals surface area contributed by atoms with Gasteiger partial charge >= 0.3 is 6.18 Å². The Morgan fingerprint density at radius 2 is 2.00 bits per heavy atom. The van der Waals surface area contributed by atoms with Gasteiger partial charge in [0.15, 0.2) is 0 Å². The summed E-state index contributed by atoms with van der Waals surface area (Å²) >= 11 is 1.28. The third-order valence-corrected chi connectivity index (χ3v) is 3.90. The van der Waals surface area contributed by atoms with Gasteiger partial charge < -0.3 is 4.74 Å². The minimum absolute atomic E-state index is 0.201. The van der Waals surface area contributed by atoms with Crippen LogP contribution in [-0.4, -0.2) is 7.11 Å². The summed E-state index contributed by atoms with van der Waals surface area (Å²) in [6.07, 6.45) is -4.77. The molecule has 8 heteroatoms. The van der Waals surface area contributed by atoms with Gasteiger partial charge in [0.1, 0.15) is 11.6 Å². The molecule has 0 aliphatic carbocycles. The topological polar surface area (TPSA) is 47.3 Å². The van der Waals surface area contributed by atoms with Crippen LogP contribution in [0.15, 0.2) is 29.6 Å². The van der Waals surface area contributed by atoms with Crippen molar-refractivity contribution in [3.05, 3.63) is 51.5 Å². The first kappa shape index (κ1) is 15.7. The van der Waals surface area contributed by atoms with Gasteiger partial charge in [0.05, 0.1) is 23.6 Å². The molecule has 3 N–H and O–H groups in total. The number of benzene rings is 1. The molecule has 0 bridgehead atoms. The number of thiophene rings is 1. The number of halogens is 4. The Hall–Kier alpha value is -1.64. The summed E-state index contributed by atoms with van der Waals surface area (Å²) in [5.41, 5.74) is 1.31. The number of alkyl halides is 3. The predicted octanol–water partition coefficient (Wildman–Crippen LogP) is 3.47. The Labute approximate surface area is 122 Å². The highest BCUT2D eigenvalue weighted by molar-refractivity contribution is 7.10. The molecule has 0 aliphatic heterocycles. The van der Waals surface area contributed by atoms with E-state index in [9.17, 15) is 17.6 Å². The number of hydrazine groups is 1. The van der Waals surface area contributed by atoms with Crippen LogP contribution >= 0.6 is 11.3 Å². The van der Waals surface area contributed by atoms with Gasteiger partial charge in [-0.25, -0.2) is 9.82 Å². The highest BCUT2D eigenvalue weighted by Gasteiger charge is 2.35. The predicted molar refractivity (Wildman–Crippen MR) is 71.4 cm³/mol. The van der Waals surface area contributed by atoms with Gasteiger partial charge in [0.2, 0.25) is 0 Å². The van der Waals surface area contributed by atoms with Crippen LogP contribution in [0.4, 0.5) is 17.6 Å². The number of hydrogen-bond acceptors (Lipinski definition) is 4. The summed E-state index contributed by atoms with van der Waals surface area (Å²) in [5.74, 6) is 4.62. The second-order valence-electron chi connectivity index (χ2n) is 4.19. The van der Waals surface area contributed by atoms with Crippen molar-refractivity contribution in [1.29, 1.82) is 0 Å². The van der Waals surface area contributed by atoms with Crippen LogP contribution < -0.4 is 16.0 Å². The number of nitrogens with two attached hydrogens (primary N) is 1. The van der Waals surface area contributed by atoms with E-state index in [4.69, 9.17) is 10.6 Å². The quantitative estimate of drug-likeness (QED) is 0.515. The fraction of sp³-hybridized carbons (Fsp3) is 0.231. The number of nitrogens with one attached hydrogen (secondary N) is 1. The highest BCUT2D eigenvalue weighted by atomic mass is 32.1. The zero-order valence-corrected chi connectivity index (χ0v) is 11.7. The van der Waals surface area contributed by atoms with Gasteiger partial charge in [-0.1, -0.05) is 6.07 Å². The Balaban J connectivity index is 2.49. The number of methoxy groups -OCH3 is 1. The van der Waals surface area contributed by atoms with Crippen LogP contribution in [0, 0.1) is 5.82 Å². The second kappa shape index (κ2) is 6.00. The van der Waals surface area contributed by atoms with E-state index in [1.165, 1.54) is 24.5 Å². The van der Waals surface area contributed by atoms with Crippen molar-refractivity contribution in [2.24, 2.45) is 5.84 Å². The van der Waals surface area contributed by atoms with Crippen molar-refractivity contribution < 1.29 is 22.3 Å². The van der Waals surface area contributed by atoms with Crippen molar-refractivity contribution in [2.75, 3.05) is 7.11 Å². The summed E-state index contributed by atoms with van der Waals surface area (Å²) in [6.45, 7) is 0. The summed E-state index contributed by atoms with van der Waals surface area (Å²) in [6, 6.07) is 3.75. The lowest BCUT2D eigenvalue weighted by atomic mass is 10.0. The Bertz CT molecular complexity index is 627. The number of rotatable bonds is 4. The summed E-state index contributed by atoms with van der Waals surface area (Å²) in [7, 11) is 1.45. The van der Waals surface area contributed by atoms with Crippen molar-refractivity contribution in [1.82, 2.24) is 5.43 Å². The summed E-state index contributed by atoms with van der Waals surface area (Å²) in [5, 5.41) is 1.73. The monoisotopic (exact) mass is 320 g/mol. The molecule has 1 aromatic carbocycles. The van der Waals surface area contributed by atoms with Crippen LogP contribution in [0.3, 0.4) is 0 Å². The van der Waals surface area contributed by atoms with E-state index in [2.05, 4.69) is 5.43 Å². The number of ether oxygens (including phenoxy) is 1. The van der Waals surface area contributed by atoms with Gasteiger partial charge in [-0.2, -0.15) is 13.2 Å². The van der Waals surface area contributed by atoms with Gasteiger partial charge in [0, 0.05) is 0 Å². The molecule has 0 saturated carbocycles. The maximum atomic E-state index is 13.3. The molecular formula is C13H12F4N2OS. The Morgan fingerprint density at radius 3 is 2.57 bits per heavy atom. The van der Waals surface area contributed by atoms with E-state index >= 15 is 0 Å². The Kier molecular flexibility index (Phi) is 4.50. The standard InChI is InChI=1S/C13H12F4N2OS/c1-20-10-4-5-21-12(10)11(19-18)7-2-3-9(14)8(6-7)13(15,16)17/h2-6,11,19H,18H2,1H3. The lowest BCUT2D eigenvalue weighted by molar-refractivity contribution is -0.140. The molecule has 0 aliphatic rings. The average Bonchev–Trinajstić information content (AvgIpc) is 2.88. The molecule has 1 heterocycles. The van der Waals surface area contributed by atoms with Crippen molar-refractivity contribution >= 4 is 11.3 Å². The molecule has 2 aromatic rings. The minimum atomic E-state index is -4.77. The molecule has 0 amide bonds. The van der Waals surface area contributed by atoms with Gasteiger partial charge in [0.25, 0.3) is 0 Å². The zero-order chi connectivity index (χ0) is 15.6. The second-order valence-corrected chi connectivity index (χ2v) is 5.14. The lowest BCUT2D eigenvalue weighted by Gasteiger charge is -2.18. The van der Waals surface area contributed by atoms with Crippen LogP contribution in [0.2, 0.25) is 0 Å². The summed E-state index contributed by atoms with van der Waals surface area (Å²) in [4.78, 5) is 0.611. The first-order valence-corrected chi connectivity index (χ1v) is 6.70. The highest BCUT2D eigenvalue weighted by Crippen LogP contribution is 2.37. The molecule has 0 fully saturated rings. The van der Waals surface area contributed by atoms with Crippen LogP contribution in [0.25, 0.3) is 0 Å². The van der Waals surface area contributed by atoms with Crippen LogP contribution in [0.5, 0.6) is 5.75 Å². The van der Waals surface area contributed by atoms with Crippen molar-refractivity contribution in [2.45, 2.75) is 12.2 Å². The molecule has 114 valence electrons. The molecule has 1 atom stereocenters. The minimum Gasteiger partial charge on any atom is -0.496 e. The lowest BCUT2D eigenvalue weighted by Crippen LogP contribution is -2.29.